The van der Waals surface area contributed by atoms with E-state index in [-0.39, 0.29) is 5.57 Å². The zero-order valence-electron chi connectivity index (χ0n) is 19.0. The molecule has 0 saturated carbocycles. The van der Waals surface area contributed by atoms with Crippen LogP contribution in [-0.2, 0) is 16.2 Å². The van der Waals surface area contributed by atoms with Gasteiger partial charge in [0, 0.05) is 10.0 Å². The molecule has 1 aliphatic rings. The van der Waals surface area contributed by atoms with Crippen LogP contribution in [0.15, 0.2) is 70.7 Å². The van der Waals surface area contributed by atoms with Crippen LogP contribution in [0.25, 0.3) is 6.08 Å². The van der Waals surface area contributed by atoms with E-state index >= 15 is 0 Å². The minimum absolute atomic E-state index is 0.149. The van der Waals surface area contributed by atoms with Gasteiger partial charge in [-0.1, -0.05) is 52.3 Å². The van der Waals surface area contributed by atoms with Crippen LogP contribution in [0, 0.1) is 20.8 Å². The van der Waals surface area contributed by atoms with Gasteiger partial charge in [0.05, 0.1) is 5.69 Å². The SMILES string of the molecule is Cc1ccc(COc2ccccc2/C=C2/C(=O)NC(=O)N(c3ccc(Br)cc3C)C2=O)cc1C. The van der Waals surface area contributed by atoms with Crippen LogP contribution >= 0.6 is 15.9 Å². The Hall–Kier alpha value is -3.71. The molecule has 0 aliphatic carbocycles. The highest BCUT2D eigenvalue weighted by Crippen LogP contribution is 2.29. The molecule has 3 aromatic rings. The van der Waals surface area contributed by atoms with Crippen molar-refractivity contribution in [1.82, 2.24) is 5.32 Å². The van der Waals surface area contributed by atoms with Crippen molar-refractivity contribution < 1.29 is 19.1 Å². The van der Waals surface area contributed by atoms with Gasteiger partial charge in [0.1, 0.15) is 17.9 Å². The molecule has 1 aliphatic heterocycles. The van der Waals surface area contributed by atoms with Crippen molar-refractivity contribution in [3.8, 4) is 5.75 Å². The highest BCUT2D eigenvalue weighted by atomic mass is 79.9. The summed E-state index contributed by atoms with van der Waals surface area (Å²) >= 11 is 3.38. The number of ether oxygens (including phenoxy) is 1. The van der Waals surface area contributed by atoms with E-state index in [1.54, 1.807) is 43.3 Å². The third-order valence-corrected chi connectivity index (χ3v) is 6.18. The standard InChI is InChI=1S/C27H23BrN2O4/c1-16-8-9-19(12-17(16)2)15-34-24-7-5-4-6-20(24)14-22-25(31)29-27(33)30(26(22)32)23-11-10-21(28)13-18(23)3/h4-14H,15H2,1-3H3,(H,29,31,33)/b22-14-. The quantitative estimate of drug-likeness (QED) is 0.351. The minimum Gasteiger partial charge on any atom is -0.488 e. The molecule has 0 atom stereocenters. The summed E-state index contributed by atoms with van der Waals surface area (Å²) in [7, 11) is 0. The number of amides is 4. The third-order valence-electron chi connectivity index (χ3n) is 5.69. The van der Waals surface area contributed by atoms with Crippen molar-refractivity contribution in [2.75, 3.05) is 4.90 Å². The highest BCUT2D eigenvalue weighted by molar-refractivity contribution is 9.10. The number of rotatable bonds is 5. The van der Waals surface area contributed by atoms with Gasteiger partial charge in [0.15, 0.2) is 0 Å². The Kier molecular flexibility index (Phi) is 6.65. The monoisotopic (exact) mass is 518 g/mol. The second kappa shape index (κ2) is 9.65. The Balaban J connectivity index is 1.65. The van der Waals surface area contributed by atoms with Gasteiger partial charge in [0.25, 0.3) is 11.8 Å². The predicted molar refractivity (Wildman–Crippen MR) is 135 cm³/mol. The van der Waals surface area contributed by atoms with E-state index in [1.165, 1.54) is 17.2 Å². The molecule has 4 amide bonds. The summed E-state index contributed by atoms with van der Waals surface area (Å²) in [5.74, 6) is -0.912. The van der Waals surface area contributed by atoms with Crippen LogP contribution in [-0.4, -0.2) is 17.8 Å². The second-order valence-electron chi connectivity index (χ2n) is 8.13. The zero-order chi connectivity index (χ0) is 24.4. The van der Waals surface area contributed by atoms with Gasteiger partial charge in [-0.25, -0.2) is 9.69 Å². The maximum atomic E-state index is 13.3. The first-order chi connectivity index (χ1) is 16.2. The molecule has 172 valence electrons. The van der Waals surface area contributed by atoms with Gasteiger partial charge >= 0.3 is 6.03 Å². The largest absolute Gasteiger partial charge is 0.488 e. The summed E-state index contributed by atoms with van der Waals surface area (Å²) in [5.41, 5.74) is 4.92. The molecule has 34 heavy (non-hydrogen) atoms. The molecule has 0 unspecified atom stereocenters. The Morgan fingerprint density at radius 3 is 2.41 bits per heavy atom. The first-order valence-corrected chi connectivity index (χ1v) is 11.5. The number of aryl methyl sites for hydroxylation is 3. The Labute approximate surface area is 206 Å². The number of urea groups is 1. The van der Waals surface area contributed by atoms with E-state index in [2.05, 4.69) is 34.2 Å². The molecule has 7 heteroatoms. The van der Waals surface area contributed by atoms with Gasteiger partial charge in [-0.05, 0) is 73.4 Å². The van der Waals surface area contributed by atoms with Gasteiger partial charge in [-0.15, -0.1) is 0 Å². The lowest BCUT2D eigenvalue weighted by Gasteiger charge is -2.27. The summed E-state index contributed by atoms with van der Waals surface area (Å²) < 4.78 is 6.84. The maximum Gasteiger partial charge on any atom is 0.335 e. The number of anilines is 1. The van der Waals surface area contributed by atoms with E-state index < -0.39 is 17.8 Å². The minimum atomic E-state index is -0.781. The van der Waals surface area contributed by atoms with Crippen molar-refractivity contribution in [2.24, 2.45) is 0 Å². The van der Waals surface area contributed by atoms with Crippen LogP contribution in [0.1, 0.15) is 27.8 Å². The van der Waals surface area contributed by atoms with Crippen LogP contribution in [0.5, 0.6) is 5.75 Å². The summed E-state index contributed by atoms with van der Waals surface area (Å²) in [6, 6.07) is 17.7. The molecule has 0 aromatic heterocycles. The maximum absolute atomic E-state index is 13.3. The number of barbiturate groups is 1. The highest BCUT2D eigenvalue weighted by Gasteiger charge is 2.37. The molecule has 4 rings (SSSR count). The van der Waals surface area contributed by atoms with Crippen LogP contribution < -0.4 is 15.0 Å². The number of halogens is 1. The lowest BCUT2D eigenvalue weighted by Crippen LogP contribution is -2.54. The molecule has 1 fully saturated rings. The van der Waals surface area contributed by atoms with Gasteiger partial charge in [-0.2, -0.15) is 0 Å². The number of hydrogen-bond acceptors (Lipinski definition) is 4. The van der Waals surface area contributed by atoms with Gasteiger partial charge in [0.2, 0.25) is 0 Å². The van der Waals surface area contributed by atoms with E-state index in [0.717, 1.165) is 14.9 Å². The first-order valence-electron chi connectivity index (χ1n) is 10.7. The number of nitrogens with zero attached hydrogens (tertiary/aromatic N) is 1. The summed E-state index contributed by atoms with van der Waals surface area (Å²) in [4.78, 5) is 39.4. The summed E-state index contributed by atoms with van der Waals surface area (Å²) in [5, 5.41) is 2.27. The van der Waals surface area contributed by atoms with E-state index in [1.807, 2.05) is 25.1 Å². The zero-order valence-corrected chi connectivity index (χ0v) is 20.6. The molecule has 0 bridgehead atoms. The lowest BCUT2D eigenvalue weighted by atomic mass is 10.0. The van der Waals surface area contributed by atoms with Crippen molar-refractivity contribution in [3.63, 3.8) is 0 Å². The molecule has 1 N–H and O–H groups in total. The van der Waals surface area contributed by atoms with Gasteiger partial charge < -0.3 is 4.74 Å². The van der Waals surface area contributed by atoms with Crippen LogP contribution in [0.2, 0.25) is 0 Å². The summed E-state index contributed by atoms with van der Waals surface area (Å²) in [6.07, 6.45) is 1.46. The van der Waals surface area contributed by atoms with E-state index in [0.29, 0.717) is 29.2 Å². The number of hydrogen-bond donors (Lipinski definition) is 1. The van der Waals surface area contributed by atoms with Crippen molar-refractivity contribution >= 4 is 45.5 Å². The average molecular weight is 519 g/mol. The predicted octanol–water partition coefficient (Wildman–Crippen LogP) is 5.62. The number of carbonyl (C=O) groups is 3. The number of imide groups is 2. The fraction of sp³-hybridized carbons (Fsp3) is 0.148. The van der Waals surface area contributed by atoms with Crippen LogP contribution in [0.3, 0.4) is 0 Å². The molecule has 1 heterocycles. The normalized spacial score (nSPS) is 15.0. The Morgan fingerprint density at radius 2 is 1.68 bits per heavy atom. The van der Waals surface area contributed by atoms with Gasteiger partial charge in [-0.3, -0.25) is 14.9 Å². The van der Waals surface area contributed by atoms with E-state index in [9.17, 15) is 14.4 Å². The molecule has 1 saturated heterocycles. The fourth-order valence-corrected chi connectivity index (χ4v) is 4.16. The topological polar surface area (TPSA) is 75.7 Å². The van der Waals surface area contributed by atoms with Crippen molar-refractivity contribution in [1.29, 1.82) is 0 Å². The number of para-hydroxylation sites is 1. The molecular weight excluding hydrogens is 496 g/mol. The fourth-order valence-electron chi connectivity index (χ4n) is 3.69. The van der Waals surface area contributed by atoms with Crippen molar-refractivity contribution in [2.45, 2.75) is 27.4 Å². The molecule has 6 nitrogen and oxygen atoms in total. The summed E-state index contributed by atoms with van der Waals surface area (Å²) in [6.45, 7) is 6.22. The first kappa shape index (κ1) is 23.4. The van der Waals surface area contributed by atoms with Crippen molar-refractivity contribution in [3.05, 3.63) is 98.5 Å². The smallest absolute Gasteiger partial charge is 0.335 e. The number of benzene rings is 3. The number of carbonyl (C=O) groups excluding carboxylic acids is 3. The third kappa shape index (κ3) is 4.79. The molecular formula is C27H23BrN2O4. The van der Waals surface area contributed by atoms with Crippen LogP contribution in [0.4, 0.5) is 10.5 Å². The molecule has 3 aromatic carbocycles. The Morgan fingerprint density at radius 1 is 0.912 bits per heavy atom. The molecule has 0 radical (unpaired) electrons. The molecule has 0 spiro atoms. The Bertz CT molecular complexity index is 1350. The average Bonchev–Trinajstić information content (AvgIpc) is 2.79. The number of nitrogens with one attached hydrogen (secondary N) is 1. The lowest BCUT2D eigenvalue weighted by molar-refractivity contribution is -0.122. The second-order valence-corrected chi connectivity index (χ2v) is 9.05. The van der Waals surface area contributed by atoms with E-state index in [4.69, 9.17) is 4.74 Å².